The fraction of sp³-hybridized carbons (Fsp3) is 0.636. The molecule has 3 nitrogen and oxygen atoms in total. The molecule has 0 saturated carbocycles. The van der Waals surface area contributed by atoms with E-state index in [2.05, 4.69) is 25.3 Å². The standard InChI is InChI=1S/C11H20N2O/c1-7(2)5-11(13-12)10-6-8(3)14-9(10)4/h6-7,11,13H,5,12H2,1-4H3. The van der Waals surface area contributed by atoms with Gasteiger partial charge in [-0.1, -0.05) is 13.8 Å². The van der Waals surface area contributed by atoms with Crippen LogP contribution in [0.1, 0.15) is 43.4 Å². The Morgan fingerprint density at radius 1 is 1.43 bits per heavy atom. The normalized spacial score (nSPS) is 13.6. The number of furan rings is 1. The Morgan fingerprint density at radius 3 is 2.43 bits per heavy atom. The van der Waals surface area contributed by atoms with E-state index >= 15 is 0 Å². The minimum absolute atomic E-state index is 0.201. The van der Waals surface area contributed by atoms with Crippen LogP contribution in [0.2, 0.25) is 0 Å². The molecular formula is C11H20N2O. The van der Waals surface area contributed by atoms with E-state index in [0.29, 0.717) is 5.92 Å². The minimum Gasteiger partial charge on any atom is -0.466 e. The maximum atomic E-state index is 5.54. The fourth-order valence-corrected chi connectivity index (χ4v) is 1.75. The number of hydrogen-bond acceptors (Lipinski definition) is 3. The zero-order valence-electron chi connectivity index (χ0n) is 9.42. The molecule has 3 N–H and O–H groups in total. The van der Waals surface area contributed by atoms with Gasteiger partial charge in [0, 0.05) is 11.6 Å². The van der Waals surface area contributed by atoms with E-state index in [1.165, 1.54) is 5.56 Å². The molecule has 0 saturated heterocycles. The summed E-state index contributed by atoms with van der Waals surface area (Å²) in [6.07, 6.45) is 1.02. The molecule has 1 atom stereocenters. The Kier molecular flexibility index (Phi) is 3.72. The highest BCUT2D eigenvalue weighted by Crippen LogP contribution is 2.25. The first-order valence-electron chi connectivity index (χ1n) is 5.07. The van der Waals surface area contributed by atoms with Gasteiger partial charge >= 0.3 is 0 Å². The first kappa shape index (κ1) is 11.3. The third-order valence-corrected chi connectivity index (χ3v) is 2.36. The highest BCUT2D eigenvalue weighted by atomic mass is 16.3. The molecule has 14 heavy (non-hydrogen) atoms. The second kappa shape index (κ2) is 4.62. The minimum atomic E-state index is 0.201. The summed E-state index contributed by atoms with van der Waals surface area (Å²) in [5, 5.41) is 0. The molecule has 1 heterocycles. The molecule has 0 spiro atoms. The van der Waals surface area contributed by atoms with E-state index in [1.54, 1.807) is 0 Å². The summed E-state index contributed by atoms with van der Waals surface area (Å²) in [6, 6.07) is 2.26. The Bertz CT molecular complexity index is 291. The Labute approximate surface area is 85.6 Å². The van der Waals surface area contributed by atoms with E-state index in [1.807, 2.05) is 13.8 Å². The van der Waals surface area contributed by atoms with Crippen molar-refractivity contribution in [2.75, 3.05) is 0 Å². The van der Waals surface area contributed by atoms with Gasteiger partial charge in [-0.25, -0.2) is 0 Å². The van der Waals surface area contributed by atoms with Gasteiger partial charge in [-0.3, -0.25) is 11.3 Å². The molecular weight excluding hydrogens is 176 g/mol. The third kappa shape index (κ3) is 2.59. The smallest absolute Gasteiger partial charge is 0.105 e. The van der Waals surface area contributed by atoms with Crippen LogP contribution in [-0.2, 0) is 0 Å². The van der Waals surface area contributed by atoms with E-state index in [0.717, 1.165) is 17.9 Å². The average Bonchev–Trinajstić information content (AvgIpc) is 2.41. The van der Waals surface area contributed by atoms with Crippen LogP contribution in [0.5, 0.6) is 0 Å². The van der Waals surface area contributed by atoms with Crippen molar-refractivity contribution >= 4 is 0 Å². The lowest BCUT2D eigenvalue weighted by molar-refractivity contribution is 0.426. The molecule has 0 aliphatic heterocycles. The lowest BCUT2D eigenvalue weighted by Gasteiger charge is -2.17. The van der Waals surface area contributed by atoms with Gasteiger partial charge in [0.15, 0.2) is 0 Å². The second-order valence-electron chi connectivity index (χ2n) is 4.22. The number of nitrogens with one attached hydrogen (secondary N) is 1. The zero-order chi connectivity index (χ0) is 10.7. The Hall–Kier alpha value is -0.800. The van der Waals surface area contributed by atoms with Gasteiger partial charge in [0.1, 0.15) is 11.5 Å². The largest absolute Gasteiger partial charge is 0.466 e. The predicted octanol–water partition coefficient (Wildman–Crippen LogP) is 2.45. The highest BCUT2D eigenvalue weighted by molar-refractivity contribution is 5.23. The second-order valence-corrected chi connectivity index (χ2v) is 4.22. The van der Waals surface area contributed by atoms with Crippen LogP contribution < -0.4 is 11.3 Å². The quantitative estimate of drug-likeness (QED) is 0.574. The van der Waals surface area contributed by atoms with E-state index in [-0.39, 0.29) is 6.04 Å². The lowest BCUT2D eigenvalue weighted by atomic mass is 9.98. The molecule has 0 fully saturated rings. The van der Waals surface area contributed by atoms with Crippen LogP contribution in [-0.4, -0.2) is 0 Å². The van der Waals surface area contributed by atoms with Crippen LogP contribution in [0.3, 0.4) is 0 Å². The average molecular weight is 196 g/mol. The summed E-state index contributed by atoms with van der Waals surface area (Å²) < 4.78 is 5.48. The third-order valence-electron chi connectivity index (χ3n) is 2.36. The molecule has 0 aliphatic rings. The van der Waals surface area contributed by atoms with Crippen molar-refractivity contribution < 1.29 is 4.42 Å². The number of nitrogens with two attached hydrogens (primary N) is 1. The molecule has 0 aliphatic carbocycles. The van der Waals surface area contributed by atoms with Gasteiger partial charge in [0.25, 0.3) is 0 Å². The Balaban J connectivity index is 2.83. The van der Waals surface area contributed by atoms with Gasteiger partial charge in [-0.05, 0) is 32.3 Å². The maximum Gasteiger partial charge on any atom is 0.105 e. The summed E-state index contributed by atoms with van der Waals surface area (Å²) >= 11 is 0. The molecule has 1 rings (SSSR count). The highest BCUT2D eigenvalue weighted by Gasteiger charge is 2.16. The summed E-state index contributed by atoms with van der Waals surface area (Å²) in [4.78, 5) is 0. The molecule has 1 aromatic rings. The van der Waals surface area contributed by atoms with Crippen LogP contribution in [0.15, 0.2) is 10.5 Å². The number of hydrogen-bond donors (Lipinski definition) is 2. The van der Waals surface area contributed by atoms with Crippen LogP contribution >= 0.6 is 0 Å². The fourth-order valence-electron chi connectivity index (χ4n) is 1.75. The van der Waals surface area contributed by atoms with Crippen molar-refractivity contribution in [3.05, 3.63) is 23.2 Å². The maximum absolute atomic E-state index is 5.54. The van der Waals surface area contributed by atoms with Crippen molar-refractivity contribution in [3.8, 4) is 0 Å². The number of rotatable bonds is 4. The van der Waals surface area contributed by atoms with Crippen molar-refractivity contribution in [1.29, 1.82) is 0 Å². The van der Waals surface area contributed by atoms with Gasteiger partial charge in [-0.2, -0.15) is 0 Å². The van der Waals surface area contributed by atoms with Crippen LogP contribution in [0.4, 0.5) is 0 Å². The molecule has 0 bridgehead atoms. The topological polar surface area (TPSA) is 51.2 Å². The molecule has 0 amide bonds. The van der Waals surface area contributed by atoms with Gasteiger partial charge in [0.05, 0.1) is 0 Å². The van der Waals surface area contributed by atoms with E-state index < -0.39 is 0 Å². The summed E-state index contributed by atoms with van der Waals surface area (Å²) in [5.41, 5.74) is 4.02. The molecule has 0 aromatic carbocycles. The van der Waals surface area contributed by atoms with Gasteiger partial charge in [0.2, 0.25) is 0 Å². The monoisotopic (exact) mass is 196 g/mol. The van der Waals surface area contributed by atoms with Crippen LogP contribution in [0.25, 0.3) is 0 Å². The summed E-state index contributed by atoms with van der Waals surface area (Å²) in [7, 11) is 0. The van der Waals surface area contributed by atoms with Crippen molar-refractivity contribution in [2.24, 2.45) is 11.8 Å². The van der Waals surface area contributed by atoms with Gasteiger partial charge < -0.3 is 4.42 Å². The van der Waals surface area contributed by atoms with Crippen molar-refractivity contribution in [1.82, 2.24) is 5.43 Å². The van der Waals surface area contributed by atoms with Crippen molar-refractivity contribution in [2.45, 2.75) is 40.2 Å². The van der Waals surface area contributed by atoms with Crippen LogP contribution in [0, 0.1) is 19.8 Å². The number of hydrazine groups is 1. The van der Waals surface area contributed by atoms with E-state index in [4.69, 9.17) is 10.3 Å². The summed E-state index contributed by atoms with van der Waals surface area (Å²) in [5.74, 6) is 8.07. The zero-order valence-corrected chi connectivity index (χ0v) is 9.42. The molecule has 1 aromatic heterocycles. The lowest BCUT2D eigenvalue weighted by Crippen LogP contribution is -2.29. The SMILES string of the molecule is Cc1cc(C(CC(C)C)NN)c(C)o1. The molecule has 3 heteroatoms. The molecule has 0 radical (unpaired) electrons. The summed E-state index contributed by atoms with van der Waals surface area (Å²) in [6.45, 7) is 8.31. The predicted molar refractivity (Wildman–Crippen MR) is 57.7 cm³/mol. The first-order chi connectivity index (χ1) is 6.54. The number of aryl methyl sites for hydroxylation is 2. The van der Waals surface area contributed by atoms with Gasteiger partial charge in [-0.15, -0.1) is 0 Å². The Morgan fingerprint density at radius 2 is 2.07 bits per heavy atom. The van der Waals surface area contributed by atoms with Crippen molar-refractivity contribution in [3.63, 3.8) is 0 Å². The molecule has 1 unspecified atom stereocenters. The molecule has 80 valence electrons. The first-order valence-corrected chi connectivity index (χ1v) is 5.07. The van der Waals surface area contributed by atoms with E-state index in [9.17, 15) is 0 Å².